The number of nitrogens with zero attached hydrogens (tertiary/aromatic N) is 1. The number of methoxy groups -OCH3 is 3. The molecule has 7 nitrogen and oxygen atoms in total. The van der Waals surface area contributed by atoms with E-state index in [-0.39, 0.29) is 17.9 Å². The van der Waals surface area contributed by atoms with Crippen LogP contribution in [0.1, 0.15) is 17.2 Å². The highest BCUT2D eigenvalue weighted by Gasteiger charge is 2.47. The van der Waals surface area contributed by atoms with E-state index in [2.05, 4.69) is 0 Å². The van der Waals surface area contributed by atoms with Gasteiger partial charge in [-0.15, -0.1) is 0 Å². The smallest absolute Gasteiger partial charge is 0.295 e. The molecule has 30 heavy (non-hydrogen) atoms. The summed E-state index contributed by atoms with van der Waals surface area (Å²) in [6.45, 7) is -0.0210. The third kappa shape index (κ3) is 4.05. The SMILES string of the molecule is COc1ccc(/C(O)=C2\C(=O)C(=O)N(CC(OC)OC)C2c2ccccc2Cl)cc1. The van der Waals surface area contributed by atoms with Crippen molar-refractivity contribution in [2.24, 2.45) is 0 Å². The molecule has 1 aliphatic heterocycles. The summed E-state index contributed by atoms with van der Waals surface area (Å²) in [5.74, 6) is -1.28. The Morgan fingerprint density at radius 2 is 1.70 bits per heavy atom. The molecule has 1 fully saturated rings. The van der Waals surface area contributed by atoms with Crippen molar-refractivity contribution in [1.29, 1.82) is 0 Å². The standard InChI is InChI=1S/C22H22ClNO6/c1-28-14-10-8-13(9-11-14)20(25)18-19(15-6-4-5-7-16(15)23)24(22(27)21(18)26)12-17(29-2)30-3/h4-11,17,19,25H,12H2,1-3H3/b20-18+. The highest BCUT2D eigenvalue weighted by molar-refractivity contribution is 6.47. The third-order valence-corrected chi connectivity index (χ3v) is 5.32. The van der Waals surface area contributed by atoms with Crippen molar-refractivity contribution in [2.75, 3.05) is 27.9 Å². The second-order valence-corrected chi connectivity index (χ2v) is 7.01. The zero-order chi connectivity index (χ0) is 21.8. The lowest BCUT2D eigenvalue weighted by atomic mass is 9.95. The van der Waals surface area contributed by atoms with Gasteiger partial charge in [0.05, 0.1) is 25.3 Å². The average Bonchev–Trinajstić information content (AvgIpc) is 3.01. The molecule has 0 saturated carbocycles. The minimum Gasteiger partial charge on any atom is -0.507 e. The molecule has 0 aromatic heterocycles. The summed E-state index contributed by atoms with van der Waals surface area (Å²) in [6, 6.07) is 12.5. The van der Waals surface area contributed by atoms with Gasteiger partial charge in [-0.05, 0) is 35.9 Å². The molecule has 8 heteroatoms. The maximum Gasteiger partial charge on any atom is 0.295 e. The summed E-state index contributed by atoms with van der Waals surface area (Å²) < 4.78 is 15.6. The van der Waals surface area contributed by atoms with E-state index in [0.717, 1.165) is 0 Å². The zero-order valence-corrected chi connectivity index (χ0v) is 17.6. The number of amides is 1. The Morgan fingerprint density at radius 1 is 1.07 bits per heavy atom. The number of halogens is 1. The first-order chi connectivity index (χ1) is 14.4. The van der Waals surface area contributed by atoms with Crippen LogP contribution in [-0.2, 0) is 19.1 Å². The maximum absolute atomic E-state index is 12.9. The van der Waals surface area contributed by atoms with Gasteiger partial charge in [0.2, 0.25) is 0 Å². The summed E-state index contributed by atoms with van der Waals surface area (Å²) >= 11 is 6.39. The number of Topliss-reactive ketones (excluding diaryl/α,β-unsaturated/α-hetero) is 1. The lowest BCUT2D eigenvalue weighted by Crippen LogP contribution is -2.38. The van der Waals surface area contributed by atoms with Crippen LogP contribution in [0.15, 0.2) is 54.1 Å². The number of likely N-dealkylation sites (tertiary alicyclic amines) is 1. The largest absolute Gasteiger partial charge is 0.507 e. The third-order valence-electron chi connectivity index (χ3n) is 4.97. The second kappa shape index (κ2) is 9.30. The molecule has 1 unspecified atom stereocenters. The molecule has 0 bridgehead atoms. The summed E-state index contributed by atoms with van der Waals surface area (Å²) in [5.41, 5.74) is 0.837. The summed E-state index contributed by atoms with van der Waals surface area (Å²) in [4.78, 5) is 27.1. The van der Waals surface area contributed by atoms with E-state index in [1.807, 2.05) is 0 Å². The van der Waals surface area contributed by atoms with Crippen LogP contribution in [0.5, 0.6) is 5.75 Å². The fourth-order valence-electron chi connectivity index (χ4n) is 3.40. The minimum absolute atomic E-state index is 0.0210. The molecule has 3 rings (SSSR count). The number of rotatable bonds is 7. The van der Waals surface area contributed by atoms with E-state index in [0.29, 0.717) is 21.9 Å². The molecule has 2 aromatic rings. The van der Waals surface area contributed by atoms with Crippen molar-refractivity contribution < 1.29 is 28.9 Å². The number of ether oxygens (including phenoxy) is 3. The molecule has 1 aliphatic rings. The molecule has 0 radical (unpaired) electrons. The van der Waals surface area contributed by atoms with Crippen molar-refractivity contribution in [1.82, 2.24) is 4.90 Å². The predicted molar refractivity (Wildman–Crippen MR) is 111 cm³/mol. The molecule has 1 saturated heterocycles. The van der Waals surface area contributed by atoms with Gasteiger partial charge in [0, 0.05) is 24.8 Å². The number of hydrogen-bond acceptors (Lipinski definition) is 6. The molecule has 1 heterocycles. The van der Waals surface area contributed by atoms with Gasteiger partial charge in [-0.25, -0.2) is 0 Å². The van der Waals surface area contributed by atoms with Crippen LogP contribution in [0.25, 0.3) is 5.76 Å². The molecule has 1 atom stereocenters. The van der Waals surface area contributed by atoms with Crippen LogP contribution in [0.4, 0.5) is 0 Å². The van der Waals surface area contributed by atoms with Crippen LogP contribution < -0.4 is 4.74 Å². The number of aliphatic hydroxyl groups is 1. The van der Waals surface area contributed by atoms with E-state index >= 15 is 0 Å². The van der Waals surface area contributed by atoms with Crippen molar-refractivity contribution in [3.8, 4) is 5.75 Å². The highest BCUT2D eigenvalue weighted by Crippen LogP contribution is 2.42. The Labute approximate surface area is 179 Å². The van der Waals surface area contributed by atoms with Crippen LogP contribution in [0.3, 0.4) is 0 Å². The van der Waals surface area contributed by atoms with E-state index in [4.69, 9.17) is 25.8 Å². The van der Waals surface area contributed by atoms with Crippen LogP contribution in [-0.4, -0.2) is 55.9 Å². The quantitative estimate of drug-likeness (QED) is 0.313. The van der Waals surface area contributed by atoms with Crippen molar-refractivity contribution >= 4 is 29.1 Å². The van der Waals surface area contributed by atoms with Gasteiger partial charge in [-0.1, -0.05) is 29.8 Å². The van der Waals surface area contributed by atoms with Gasteiger partial charge in [-0.2, -0.15) is 0 Å². The highest BCUT2D eigenvalue weighted by atomic mass is 35.5. The molecule has 1 amide bonds. The van der Waals surface area contributed by atoms with Crippen LogP contribution in [0, 0.1) is 0 Å². The number of benzene rings is 2. The van der Waals surface area contributed by atoms with Gasteiger partial charge < -0.3 is 24.2 Å². The van der Waals surface area contributed by atoms with E-state index in [1.165, 1.54) is 26.2 Å². The Hall–Kier alpha value is -2.87. The summed E-state index contributed by atoms with van der Waals surface area (Å²) in [7, 11) is 4.40. The number of aliphatic hydroxyl groups excluding tert-OH is 1. The number of hydrogen-bond donors (Lipinski definition) is 1. The Kier molecular flexibility index (Phi) is 6.77. The van der Waals surface area contributed by atoms with Crippen molar-refractivity contribution in [2.45, 2.75) is 12.3 Å². The molecule has 2 aromatic carbocycles. The van der Waals surface area contributed by atoms with Crippen molar-refractivity contribution in [3.05, 3.63) is 70.3 Å². The van der Waals surface area contributed by atoms with Gasteiger partial charge in [0.1, 0.15) is 11.5 Å². The molecule has 0 spiro atoms. The lowest BCUT2D eigenvalue weighted by molar-refractivity contribution is -0.149. The normalized spacial score (nSPS) is 18.3. The number of carbonyl (C=O) groups is 2. The van der Waals surface area contributed by atoms with E-state index in [1.54, 1.807) is 48.5 Å². The van der Waals surface area contributed by atoms with Crippen LogP contribution >= 0.6 is 11.6 Å². The molecule has 0 aliphatic carbocycles. The first-order valence-electron chi connectivity index (χ1n) is 9.15. The number of carbonyl (C=O) groups excluding carboxylic acids is 2. The second-order valence-electron chi connectivity index (χ2n) is 6.60. The van der Waals surface area contributed by atoms with E-state index < -0.39 is 24.0 Å². The first kappa shape index (κ1) is 21.8. The van der Waals surface area contributed by atoms with Crippen molar-refractivity contribution in [3.63, 3.8) is 0 Å². The van der Waals surface area contributed by atoms with Gasteiger partial charge in [0.15, 0.2) is 6.29 Å². The predicted octanol–water partition coefficient (Wildman–Crippen LogP) is 3.39. The first-order valence-corrected chi connectivity index (χ1v) is 9.53. The number of ketones is 1. The maximum atomic E-state index is 12.9. The zero-order valence-electron chi connectivity index (χ0n) is 16.8. The topological polar surface area (TPSA) is 85.3 Å². The van der Waals surface area contributed by atoms with Gasteiger partial charge in [-0.3, -0.25) is 9.59 Å². The Morgan fingerprint density at radius 3 is 2.27 bits per heavy atom. The van der Waals surface area contributed by atoms with Gasteiger partial charge in [0.25, 0.3) is 11.7 Å². The molecule has 1 N–H and O–H groups in total. The lowest BCUT2D eigenvalue weighted by Gasteiger charge is -2.28. The molecular formula is C22H22ClNO6. The minimum atomic E-state index is -0.895. The summed E-state index contributed by atoms with van der Waals surface area (Å²) in [6.07, 6.45) is -0.755. The Balaban J connectivity index is 2.16. The van der Waals surface area contributed by atoms with Crippen LogP contribution in [0.2, 0.25) is 5.02 Å². The Bertz CT molecular complexity index is 968. The van der Waals surface area contributed by atoms with E-state index in [9.17, 15) is 14.7 Å². The summed E-state index contributed by atoms with van der Waals surface area (Å²) in [5, 5.41) is 11.4. The molecule has 158 valence electrons. The molecular weight excluding hydrogens is 410 g/mol. The fraction of sp³-hybridized carbons (Fsp3) is 0.273. The average molecular weight is 432 g/mol. The fourth-order valence-corrected chi connectivity index (χ4v) is 3.64. The monoisotopic (exact) mass is 431 g/mol. The van der Waals surface area contributed by atoms with Gasteiger partial charge >= 0.3 is 0 Å².